The minimum absolute atomic E-state index is 0.587. The summed E-state index contributed by atoms with van der Waals surface area (Å²) in [7, 11) is 1.82. The second kappa shape index (κ2) is 3.38. The van der Waals surface area contributed by atoms with Gasteiger partial charge in [0.2, 0.25) is 0 Å². The summed E-state index contributed by atoms with van der Waals surface area (Å²) >= 11 is 0. The lowest BCUT2D eigenvalue weighted by molar-refractivity contribution is -0.00533. The molecule has 0 aromatic carbocycles. The summed E-state index contributed by atoms with van der Waals surface area (Å²) in [5.74, 6) is 1.83. The minimum Gasteiger partial charge on any atom is -0.381 e. The highest BCUT2D eigenvalue weighted by Crippen LogP contribution is 2.34. The van der Waals surface area contributed by atoms with Gasteiger partial charge in [-0.2, -0.15) is 0 Å². The third kappa shape index (κ3) is 1.98. The summed E-state index contributed by atoms with van der Waals surface area (Å²) in [5.41, 5.74) is 0. The Kier molecular flexibility index (Phi) is 2.72. The van der Waals surface area contributed by atoms with Crippen LogP contribution in [0.1, 0.15) is 33.1 Å². The molecule has 0 radical (unpaired) electrons. The third-order valence-electron chi connectivity index (χ3n) is 2.33. The molecule has 0 unspecified atom stereocenters. The van der Waals surface area contributed by atoms with E-state index in [0.29, 0.717) is 6.10 Å². The van der Waals surface area contributed by atoms with Crippen LogP contribution in [0.25, 0.3) is 0 Å². The first-order valence-corrected chi connectivity index (χ1v) is 4.25. The van der Waals surface area contributed by atoms with Gasteiger partial charge in [-0.25, -0.2) is 0 Å². The Balaban J connectivity index is 2.03. The Morgan fingerprint density at radius 2 is 2.00 bits per heavy atom. The van der Waals surface area contributed by atoms with E-state index in [1.807, 2.05) is 7.11 Å². The van der Waals surface area contributed by atoms with E-state index < -0.39 is 0 Å². The van der Waals surface area contributed by atoms with E-state index in [-0.39, 0.29) is 0 Å². The van der Waals surface area contributed by atoms with Gasteiger partial charge in [-0.05, 0) is 31.1 Å². The van der Waals surface area contributed by atoms with Crippen LogP contribution >= 0.6 is 0 Å². The monoisotopic (exact) mass is 142 g/mol. The predicted octanol–water partition coefficient (Wildman–Crippen LogP) is 2.46. The molecule has 1 aliphatic carbocycles. The molecule has 1 nitrogen and oxygen atoms in total. The van der Waals surface area contributed by atoms with Crippen molar-refractivity contribution in [2.45, 2.75) is 39.2 Å². The van der Waals surface area contributed by atoms with Gasteiger partial charge in [0, 0.05) is 7.11 Å². The molecule has 0 aromatic heterocycles. The second-order valence-corrected chi connectivity index (χ2v) is 3.82. The molecule has 0 amide bonds. The molecule has 0 aromatic rings. The Hall–Kier alpha value is -0.0400. The Bertz CT molecular complexity index is 92.9. The average Bonchev–Trinajstić information content (AvgIpc) is 1.76. The first kappa shape index (κ1) is 8.06. The lowest BCUT2D eigenvalue weighted by Gasteiger charge is -2.35. The Morgan fingerprint density at radius 1 is 1.40 bits per heavy atom. The molecule has 1 rings (SSSR count). The van der Waals surface area contributed by atoms with Gasteiger partial charge in [0.15, 0.2) is 0 Å². The van der Waals surface area contributed by atoms with Crippen molar-refractivity contribution in [3.8, 4) is 0 Å². The van der Waals surface area contributed by atoms with E-state index in [9.17, 15) is 0 Å². The molecule has 0 bridgehead atoms. The molecule has 10 heavy (non-hydrogen) atoms. The molecule has 1 fully saturated rings. The van der Waals surface area contributed by atoms with Gasteiger partial charge in [0.05, 0.1) is 6.10 Å². The number of methoxy groups -OCH3 is 1. The van der Waals surface area contributed by atoms with Gasteiger partial charge in [-0.3, -0.25) is 0 Å². The van der Waals surface area contributed by atoms with Crippen LogP contribution in [0.15, 0.2) is 0 Å². The number of ether oxygens (including phenoxy) is 1. The molecule has 0 N–H and O–H groups in total. The topological polar surface area (TPSA) is 9.23 Å². The van der Waals surface area contributed by atoms with Crippen molar-refractivity contribution in [1.29, 1.82) is 0 Å². The standard InChI is InChI=1S/C9H18O/c1-7(2)4-8-5-9(6-8)10-3/h7-9H,4-6H2,1-3H3. The first-order chi connectivity index (χ1) is 4.72. The first-order valence-electron chi connectivity index (χ1n) is 4.25. The fourth-order valence-corrected chi connectivity index (χ4v) is 1.73. The molecule has 1 saturated carbocycles. The zero-order valence-electron chi connectivity index (χ0n) is 7.26. The normalized spacial score (nSPS) is 32.4. The molecule has 0 aliphatic heterocycles. The molecule has 0 heterocycles. The average molecular weight is 142 g/mol. The van der Waals surface area contributed by atoms with Crippen LogP contribution in [0.2, 0.25) is 0 Å². The maximum Gasteiger partial charge on any atom is 0.0576 e. The summed E-state index contributed by atoms with van der Waals surface area (Å²) in [6, 6.07) is 0. The molecule has 0 saturated heterocycles. The summed E-state index contributed by atoms with van der Waals surface area (Å²) in [6.07, 6.45) is 4.58. The van der Waals surface area contributed by atoms with Crippen molar-refractivity contribution in [2.24, 2.45) is 11.8 Å². The second-order valence-electron chi connectivity index (χ2n) is 3.82. The van der Waals surface area contributed by atoms with Crippen LogP contribution in [-0.4, -0.2) is 13.2 Å². The van der Waals surface area contributed by atoms with Crippen LogP contribution in [0.5, 0.6) is 0 Å². The summed E-state index contributed by atoms with van der Waals surface area (Å²) < 4.78 is 5.20. The summed E-state index contributed by atoms with van der Waals surface area (Å²) in [5, 5.41) is 0. The predicted molar refractivity (Wildman–Crippen MR) is 43.0 cm³/mol. The van der Waals surface area contributed by atoms with E-state index in [2.05, 4.69) is 13.8 Å². The van der Waals surface area contributed by atoms with Crippen molar-refractivity contribution < 1.29 is 4.74 Å². The van der Waals surface area contributed by atoms with Gasteiger partial charge >= 0.3 is 0 Å². The highest BCUT2D eigenvalue weighted by molar-refractivity contribution is 4.80. The van der Waals surface area contributed by atoms with Crippen molar-refractivity contribution in [3.63, 3.8) is 0 Å². The van der Waals surface area contributed by atoms with Crippen LogP contribution in [0.3, 0.4) is 0 Å². The van der Waals surface area contributed by atoms with Crippen molar-refractivity contribution in [1.82, 2.24) is 0 Å². The fraction of sp³-hybridized carbons (Fsp3) is 1.00. The van der Waals surface area contributed by atoms with Gasteiger partial charge in [-0.15, -0.1) is 0 Å². The zero-order valence-corrected chi connectivity index (χ0v) is 7.26. The minimum atomic E-state index is 0.587. The van der Waals surface area contributed by atoms with Gasteiger partial charge in [0.1, 0.15) is 0 Å². The van der Waals surface area contributed by atoms with E-state index >= 15 is 0 Å². The van der Waals surface area contributed by atoms with Crippen LogP contribution in [0, 0.1) is 11.8 Å². The van der Waals surface area contributed by atoms with Crippen molar-refractivity contribution in [3.05, 3.63) is 0 Å². The maximum absolute atomic E-state index is 5.20. The molecule has 60 valence electrons. The summed E-state index contributed by atoms with van der Waals surface area (Å²) in [4.78, 5) is 0. The van der Waals surface area contributed by atoms with E-state index in [1.54, 1.807) is 0 Å². The summed E-state index contributed by atoms with van der Waals surface area (Å²) in [6.45, 7) is 4.58. The quantitative estimate of drug-likeness (QED) is 0.588. The Morgan fingerprint density at radius 3 is 2.40 bits per heavy atom. The number of rotatable bonds is 3. The molecular weight excluding hydrogens is 124 g/mol. The fourth-order valence-electron chi connectivity index (χ4n) is 1.73. The highest BCUT2D eigenvalue weighted by Gasteiger charge is 2.28. The zero-order chi connectivity index (χ0) is 7.56. The molecule has 0 spiro atoms. The van der Waals surface area contributed by atoms with Crippen molar-refractivity contribution >= 4 is 0 Å². The van der Waals surface area contributed by atoms with Gasteiger partial charge in [-0.1, -0.05) is 13.8 Å². The molecule has 1 heteroatoms. The Labute approximate surface area is 63.8 Å². The molecular formula is C9H18O. The third-order valence-corrected chi connectivity index (χ3v) is 2.33. The van der Waals surface area contributed by atoms with Crippen molar-refractivity contribution in [2.75, 3.05) is 7.11 Å². The largest absolute Gasteiger partial charge is 0.381 e. The van der Waals surface area contributed by atoms with Gasteiger partial charge < -0.3 is 4.74 Å². The molecule has 1 aliphatic rings. The SMILES string of the molecule is COC1CC(CC(C)C)C1. The van der Waals surface area contributed by atoms with Crippen LogP contribution in [0.4, 0.5) is 0 Å². The number of hydrogen-bond acceptors (Lipinski definition) is 1. The van der Waals surface area contributed by atoms with Gasteiger partial charge in [0.25, 0.3) is 0 Å². The van der Waals surface area contributed by atoms with E-state index in [1.165, 1.54) is 19.3 Å². The van der Waals surface area contributed by atoms with Crippen LogP contribution in [-0.2, 0) is 4.74 Å². The maximum atomic E-state index is 5.20. The van der Waals surface area contributed by atoms with E-state index in [4.69, 9.17) is 4.74 Å². The lowest BCUT2D eigenvalue weighted by atomic mass is 9.77. The lowest BCUT2D eigenvalue weighted by Crippen LogP contribution is -2.31. The van der Waals surface area contributed by atoms with E-state index in [0.717, 1.165) is 11.8 Å². The smallest absolute Gasteiger partial charge is 0.0576 e. The number of hydrogen-bond donors (Lipinski definition) is 0. The molecule has 0 atom stereocenters. The van der Waals surface area contributed by atoms with Crippen LogP contribution < -0.4 is 0 Å². The highest BCUT2D eigenvalue weighted by atomic mass is 16.5.